The number of nitrogens with zero attached hydrogens (tertiary/aromatic N) is 2. The molecule has 1 aromatic heterocycles. The summed E-state index contributed by atoms with van der Waals surface area (Å²) in [4.78, 5) is 3.90. The number of halogens is 1. The van der Waals surface area contributed by atoms with Crippen molar-refractivity contribution in [2.45, 2.75) is 0 Å². The molecule has 0 spiro atoms. The van der Waals surface area contributed by atoms with E-state index in [0.29, 0.717) is 4.34 Å². The van der Waals surface area contributed by atoms with E-state index in [9.17, 15) is 0 Å². The van der Waals surface area contributed by atoms with Crippen molar-refractivity contribution in [3.05, 3.63) is 21.6 Å². The minimum Gasteiger partial charge on any atom is -0.244 e. The molecule has 0 saturated heterocycles. The Labute approximate surface area is 67.4 Å². The standard InChI is InChI=1S/C6H3ClN2S/c7-5-4-9-6(10-5)2-1-3-8/h1-2,4H/b2-1+. The molecular weight excluding hydrogens is 168 g/mol. The third kappa shape index (κ3) is 1.83. The second-order valence-corrected chi connectivity index (χ2v) is 3.16. The molecule has 10 heavy (non-hydrogen) atoms. The summed E-state index contributed by atoms with van der Waals surface area (Å²) < 4.78 is 0.637. The SMILES string of the molecule is N#C/C=C/c1ncc(Cl)s1. The van der Waals surface area contributed by atoms with Gasteiger partial charge in [-0.05, 0) is 6.08 Å². The molecule has 1 heterocycles. The zero-order chi connectivity index (χ0) is 7.40. The summed E-state index contributed by atoms with van der Waals surface area (Å²) in [5, 5.41) is 8.90. The summed E-state index contributed by atoms with van der Waals surface area (Å²) in [6.07, 6.45) is 4.55. The largest absolute Gasteiger partial charge is 0.244 e. The van der Waals surface area contributed by atoms with Crippen LogP contribution in [0.5, 0.6) is 0 Å². The minimum atomic E-state index is 0.637. The summed E-state index contributed by atoms with van der Waals surface area (Å²) in [5.74, 6) is 0. The lowest BCUT2D eigenvalue weighted by Gasteiger charge is -1.73. The third-order valence-corrected chi connectivity index (χ3v) is 1.88. The number of allylic oxidation sites excluding steroid dienone is 1. The van der Waals surface area contributed by atoms with E-state index in [4.69, 9.17) is 16.9 Å². The van der Waals surface area contributed by atoms with Gasteiger partial charge in [0.25, 0.3) is 0 Å². The Morgan fingerprint density at radius 2 is 2.60 bits per heavy atom. The van der Waals surface area contributed by atoms with Gasteiger partial charge in [-0.1, -0.05) is 11.6 Å². The predicted octanol–water partition coefficient (Wildman–Crippen LogP) is 2.33. The molecule has 1 rings (SSSR count). The molecule has 0 amide bonds. The van der Waals surface area contributed by atoms with E-state index in [2.05, 4.69) is 4.98 Å². The monoisotopic (exact) mass is 170 g/mol. The summed E-state index contributed by atoms with van der Waals surface area (Å²) >= 11 is 6.92. The zero-order valence-corrected chi connectivity index (χ0v) is 6.49. The van der Waals surface area contributed by atoms with Crippen LogP contribution in [0.1, 0.15) is 5.01 Å². The Morgan fingerprint density at radius 1 is 1.80 bits per heavy atom. The van der Waals surface area contributed by atoms with Crippen LogP contribution in [0.25, 0.3) is 6.08 Å². The average molecular weight is 171 g/mol. The Morgan fingerprint density at radius 3 is 3.10 bits per heavy atom. The van der Waals surface area contributed by atoms with Gasteiger partial charge in [-0.15, -0.1) is 11.3 Å². The fourth-order valence-electron chi connectivity index (χ4n) is 0.453. The maximum Gasteiger partial charge on any atom is 0.118 e. The molecular formula is C6H3ClN2S. The highest BCUT2D eigenvalue weighted by Gasteiger charge is 1.92. The molecule has 0 fully saturated rings. The van der Waals surface area contributed by atoms with E-state index in [0.717, 1.165) is 5.01 Å². The van der Waals surface area contributed by atoms with E-state index in [1.54, 1.807) is 12.3 Å². The van der Waals surface area contributed by atoms with Crippen molar-refractivity contribution < 1.29 is 0 Å². The van der Waals surface area contributed by atoms with Crippen molar-refractivity contribution >= 4 is 29.0 Å². The van der Waals surface area contributed by atoms with E-state index in [1.807, 2.05) is 6.07 Å². The van der Waals surface area contributed by atoms with Crippen molar-refractivity contribution in [1.82, 2.24) is 4.98 Å². The zero-order valence-electron chi connectivity index (χ0n) is 4.91. The second-order valence-electron chi connectivity index (χ2n) is 1.47. The molecule has 0 radical (unpaired) electrons. The molecule has 0 aliphatic heterocycles. The van der Waals surface area contributed by atoms with Crippen molar-refractivity contribution in [1.29, 1.82) is 5.26 Å². The summed E-state index contributed by atoms with van der Waals surface area (Å²) in [6.45, 7) is 0. The summed E-state index contributed by atoms with van der Waals surface area (Å²) in [6, 6.07) is 1.87. The molecule has 0 bridgehead atoms. The number of hydrogen-bond acceptors (Lipinski definition) is 3. The molecule has 0 saturated carbocycles. The molecule has 0 unspecified atom stereocenters. The first-order chi connectivity index (χ1) is 4.83. The van der Waals surface area contributed by atoms with Crippen LogP contribution >= 0.6 is 22.9 Å². The van der Waals surface area contributed by atoms with Crippen LogP contribution in [0.4, 0.5) is 0 Å². The number of hydrogen-bond donors (Lipinski definition) is 0. The fraction of sp³-hybridized carbons (Fsp3) is 0. The van der Waals surface area contributed by atoms with E-state index >= 15 is 0 Å². The summed E-state index contributed by atoms with van der Waals surface area (Å²) in [5.41, 5.74) is 0. The molecule has 0 aromatic carbocycles. The summed E-state index contributed by atoms with van der Waals surface area (Å²) in [7, 11) is 0. The van der Waals surface area contributed by atoms with Crippen LogP contribution < -0.4 is 0 Å². The first-order valence-electron chi connectivity index (χ1n) is 2.50. The molecule has 1 aromatic rings. The maximum atomic E-state index is 8.14. The van der Waals surface area contributed by atoms with Crippen LogP contribution in [0, 0.1) is 11.3 Å². The van der Waals surface area contributed by atoms with Gasteiger partial charge in [0.2, 0.25) is 0 Å². The van der Waals surface area contributed by atoms with Gasteiger partial charge >= 0.3 is 0 Å². The number of nitriles is 1. The third-order valence-electron chi connectivity index (χ3n) is 0.796. The molecule has 0 aliphatic rings. The maximum absolute atomic E-state index is 8.14. The van der Waals surface area contributed by atoms with Crippen LogP contribution in [-0.4, -0.2) is 4.98 Å². The van der Waals surface area contributed by atoms with E-state index < -0.39 is 0 Å². The van der Waals surface area contributed by atoms with Gasteiger partial charge < -0.3 is 0 Å². The van der Waals surface area contributed by atoms with Gasteiger partial charge in [-0.3, -0.25) is 0 Å². The normalized spacial score (nSPS) is 10.0. The van der Waals surface area contributed by atoms with Crippen LogP contribution in [0.2, 0.25) is 4.34 Å². The number of thiazole rings is 1. The molecule has 0 aliphatic carbocycles. The Kier molecular flexibility index (Phi) is 2.43. The molecule has 50 valence electrons. The van der Waals surface area contributed by atoms with Gasteiger partial charge in [0.15, 0.2) is 0 Å². The lowest BCUT2D eigenvalue weighted by Crippen LogP contribution is -1.61. The number of aromatic nitrogens is 1. The van der Waals surface area contributed by atoms with Crippen LogP contribution in [0.3, 0.4) is 0 Å². The minimum absolute atomic E-state index is 0.637. The molecule has 0 N–H and O–H groups in total. The van der Waals surface area contributed by atoms with Gasteiger partial charge in [-0.2, -0.15) is 5.26 Å². The number of rotatable bonds is 1. The molecule has 0 atom stereocenters. The van der Waals surface area contributed by atoms with E-state index in [1.165, 1.54) is 17.4 Å². The topological polar surface area (TPSA) is 36.7 Å². The lowest BCUT2D eigenvalue weighted by molar-refractivity contribution is 1.39. The Hall–Kier alpha value is -0.850. The van der Waals surface area contributed by atoms with Crippen LogP contribution in [0.15, 0.2) is 12.3 Å². The Bertz CT molecular complexity index is 284. The van der Waals surface area contributed by atoms with Gasteiger partial charge in [0, 0.05) is 6.08 Å². The molecule has 2 nitrogen and oxygen atoms in total. The second kappa shape index (κ2) is 3.35. The quantitative estimate of drug-likeness (QED) is 0.607. The van der Waals surface area contributed by atoms with E-state index in [-0.39, 0.29) is 0 Å². The first kappa shape index (κ1) is 7.26. The highest BCUT2D eigenvalue weighted by atomic mass is 35.5. The highest BCUT2D eigenvalue weighted by molar-refractivity contribution is 7.16. The predicted molar refractivity (Wildman–Crippen MR) is 41.8 cm³/mol. The van der Waals surface area contributed by atoms with Crippen molar-refractivity contribution in [2.75, 3.05) is 0 Å². The van der Waals surface area contributed by atoms with Crippen molar-refractivity contribution in [2.24, 2.45) is 0 Å². The molecule has 4 heteroatoms. The smallest absolute Gasteiger partial charge is 0.118 e. The fourth-order valence-corrected chi connectivity index (χ4v) is 1.29. The van der Waals surface area contributed by atoms with Gasteiger partial charge in [-0.25, -0.2) is 4.98 Å². The van der Waals surface area contributed by atoms with Gasteiger partial charge in [0.05, 0.1) is 12.3 Å². The van der Waals surface area contributed by atoms with Crippen molar-refractivity contribution in [3.63, 3.8) is 0 Å². The van der Waals surface area contributed by atoms with Gasteiger partial charge in [0.1, 0.15) is 9.34 Å². The van der Waals surface area contributed by atoms with Crippen LogP contribution in [-0.2, 0) is 0 Å². The highest BCUT2D eigenvalue weighted by Crippen LogP contribution is 2.18. The Balaban J connectivity index is 2.78. The lowest BCUT2D eigenvalue weighted by atomic mass is 10.5. The van der Waals surface area contributed by atoms with Crippen molar-refractivity contribution in [3.8, 4) is 6.07 Å². The first-order valence-corrected chi connectivity index (χ1v) is 3.70. The average Bonchev–Trinajstić information content (AvgIpc) is 2.31.